The van der Waals surface area contributed by atoms with Gasteiger partial charge in [-0.25, -0.2) is 0 Å². The molecular weight excluding hydrogens is 379 g/mol. The van der Waals surface area contributed by atoms with E-state index in [0.29, 0.717) is 6.61 Å². The number of unbranched alkanes of at least 4 members (excludes halogenated alkanes) is 11. The molecule has 7 heteroatoms. The van der Waals surface area contributed by atoms with Gasteiger partial charge in [0.1, 0.15) is 6.10 Å². The Morgan fingerprint density at radius 2 is 1.57 bits per heavy atom. The molecule has 1 fully saturated rings. The Morgan fingerprint density at radius 1 is 1.00 bits per heavy atom. The largest absolute Gasteiger partial charge is 0.756 e. The minimum Gasteiger partial charge on any atom is -0.756 e. The van der Waals surface area contributed by atoms with E-state index in [4.69, 9.17) is 14.4 Å². The molecule has 0 aromatic heterocycles. The van der Waals surface area contributed by atoms with Crippen molar-refractivity contribution >= 4 is 7.82 Å². The van der Waals surface area contributed by atoms with Crippen molar-refractivity contribution in [1.29, 1.82) is 0 Å². The summed E-state index contributed by atoms with van der Waals surface area (Å²) in [6.07, 6.45) is 21.2. The van der Waals surface area contributed by atoms with Crippen molar-refractivity contribution in [1.82, 2.24) is 0 Å². The maximum Gasteiger partial charge on any atom is 0.265 e. The van der Waals surface area contributed by atoms with Gasteiger partial charge >= 0.3 is 0 Å². The molecule has 2 unspecified atom stereocenters. The fraction of sp³-hybridized carbons (Fsp3) is 0.905. The van der Waals surface area contributed by atoms with Gasteiger partial charge < -0.3 is 23.8 Å². The van der Waals surface area contributed by atoms with Crippen molar-refractivity contribution in [3.63, 3.8) is 0 Å². The van der Waals surface area contributed by atoms with Crippen molar-refractivity contribution in [3.05, 3.63) is 12.2 Å². The van der Waals surface area contributed by atoms with Gasteiger partial charge in [0, 0.05) is 0 Å². The number of hydrogen-bond donors (Lipinski definition) is 1. The smallest absolute Gasteiger partial charge is 0.265 e. The van der Waals surface area contributed by atoms with E-state index in [2.05, 4.69) is 23.6 Å². The van der Waals surface area contributed by atoms with Gasteiger partial charge in [0.25, 0.3) is 7.82 Å². The van der Waals surface area contributed by atoms with Gasteiger partial charge in [-0.2, -0.15) is 0 Å². The number of hydrogen-bond acceptors (Lipinski definition) is 5. The summed E-state index contributed by atoms with van der Waals surface area (Å²) in [5, 5.41) is 0. The Kier molecular flexibility index (Phi) is 15.3. The normalized spacial score (nSPS) is 22.1. The van der Waals surface area contributed by atoms with Crippen LogP contribution < -0.4 is 4.89 Å². The summed E-state index contributed by atoms with van der Waals surface area (Å²) in [6.45, 7) is 2.36. The average Bonchev–Trinajstić information content (AvgIpc) is 3.10. The first-order valence-electron chi connectivity index (χ1n) is 11.1. The third-order valence-corrected chi connectivity index (χ3v) is 5.41. The molecule has 0 amide bonds. The van der Waals surface area contributed by atoms with E-state index < -0.39 is 13.9 Å². The maximum atomic E-state index is 10.6. The number of phosphoric ester groups is 1. The predicted molar refractivity (Wildman–Crippen MR) is 110 cm³/mol. The molecular formula is C21H40O6P-. The van der Waals surface area contributed by atoms with Gasteiger partial charge in [0.05, 0.1) is 13.2 Å². The Balaban J connectivity index is 1.83. The summed E-state index contributed by atoms with van der Waals surface area (Å²) in [6, 6.07) is 0. The molecule has 1 aliphatic heterocycles. The highest BCUT2D eigenvalue weighted by Crippen LogP contribution is 2.31. The first-order chi connectivity index (χ1) is 13.5. The third kappa shape index (κ3) is 15.7. The summed E-state index contributed by atoms with van der Waals surface area (Å²) < 4.78 is 25.9. The molecule has 1 N–H and O–H groups in total. The predicted octanol–water partition coefficient (Wildman–Crippen LogP) is 5.24. The van der Waals surface area contributed by atoms with Crippen LogP contribution in [0.3, 0.4) is 0 Å². The lowest BCUT2D eigenvalue weighted by Gasteiger charge is -2.17. The molecule has 0 aliphatic carbocycles. The van der Waals surface area contributed by atoms with E-state index in [1.54, 1.807) is 0 Å². The summed E-state index contributed by atoms with van der Waals surface area (Å²) in [5.74, 6) is 0. The van der Waals surface area contributed by atoms with Crippen LogP contribution in [0.1, 0.15) is 96.8 Å². The number of rotatable bonds is 18. The zero-order chi connectivity index (χ0) is 20.5. The summed E-state index contributed by atoms with van der Waals surface area (Å²) in [4.78, 5) is 19.1. The van der Waals surface area contributed by atoms with Crippen LogP contribution in [0.2, 0.25) is 0 Å². The molecule has 0 saturated carbocycles. The summed E-state index contributed by atoms with van der Waals surface area (Å²) in [7, 11) is -4.68. The molecule has 0 spiro atoms. The van der Waals surface area contributed by atoms with Crippen LogP contribution in [0.5, 0.6) is 0 Å². The van der Waals surface area contributed by atoms with Crippen LogP contribution in [0.4, 0.5) is 0 Å². The Hall–Kier alpha value is -0.230. The topological polar surface area (TPSA) is 88.1 Å². The summed E-state index contributed by atoms with van der Waals surface area (Å²) >= 11 is 0. The Labute approximate surface area is 171 Å². The second kappa shape index (κ2) is 16.6. The van der Waals surface area contributed by atoms with Crippen molar-refractivity contribution in [2.24, 2.45) is 0 Å². The molecule has 0 aromatic carbocycles. The van der Waals surface area contributed by atoms with Gasteiger partial charge in [-0.1, -0.05) is 70.4 Å². The fourth-order valence-electron chi connectivity index (χ4n) is 3.31. The average molecular weight is 420 g/mol. The lowest BCUT2D eigenvalue weighted by molar-refractivity contribution is -0.222. The van der Waals surface area contributed by atoms with Gasteiger partial charge in [0.2, 0.25) is 0 Å². The number of allylic oxidation sites excluding steroid dienone is 2. The molecule has 0 radical (unpaired) electrons. The van der Waals surface area contributed by atoms with Crippen molar-refractivity contribution < 1.29 is 28.3 Å². The van der Waals surface area contributed by atoms with Crippen LogP contribution >= 0.6 is 7.82 Å². The molecule has 166 valence electrons. The molecule has 1 heterocycles. The maximum absolute atomic E-state index is 10.6. The molecule has 6 nitrogen and oxygen atoms in total. The van der Waals surface area contributed by atoms with Crippen LogP contribution in [0, 0.1) is 0 Å². The molecule has 0 aromatic rings. The SMILES string of the molecule is CCCCCCCC/C=C\CCCCCCC[C@@H]1OCC(COP(=O)([O-])O)O1. The van der Waals surface area contributed by atoms with Crippen molar-refractivity contribution in [2.75, 3.05) is 13.2 Å². The number of phosphoric acid groups is 1. The van der Waals surface area contributed by atoms with E-state index >= 15 is 0 Å². The van der Waals surface area contributed by atoms with E-state index in [9.17, 15) is 9.46 Å². The highest BCUT2D eigenvalue weighted by Gasteiger charge is 2.26. The molecule has 1 aliphatic rings. The van der Waals surface area contributed by atoms with E-state index in [-0.39, 0.29) is 12.9 Å². The number of ether oxygens (including phenoxy) is 2. The third-order valence-electron chi connectivity index (χ3n) is 4.94. The molecule has 0 bridgehead atoms. The zero-order valence-corrected chi connectivity index (χ0v) is 18.5. The Bertz CT molecular complexity index is 437. The quantitative estimate of drug-likeness (QED) is 0.186. The van der Waals surface area contributed by atoms with Crippen LogP contribution in [0.15, 0.2) is 12.2 Å². The first-order valence-corrected chi connectivity index (χ1v) is 12.6. The van der Waals surface area contributed by atoms with Gasteiger partial charge in [-0.15, -0.1) is 0 Å². The van der Waals surface area contributed by atoms with Crippen molar-refractivity contribution in [3.8, 4) is 0 Å². The molecule has 28 heavy (non-hydrogen) atoms. The van der Waals surface area contributed by atoms with E-state index in [1.165, 1.54) is 70.6 Å². The lowest BCUT2D eigenvalue weighted by Crippen LogP contribution is -2.20. The molecule has 1 rings (SSSR count). The van der Waals surface area contributed by atoms with Crippen LogP contribution in [-0.2, 0) is 18.6 Å². The zero-order valence-electron chi connectivity index (χ0n) is 17.6. The fourth-order valence-corrected chi connectivity index (χ4v) is 3.66. The monoisotopic (exact) mass is 419 g/mol. The van der Waals surface area contributed by atoms with Crippen LogP contribution in [-0.4, -0.2) is 30.5 Å². The highest BCUT2D eigenvalue weighted by molar-refractivity contribution is 7.44. The van der Waals surface area contributed by atoms with Gasteiger partial charge in [-0.05, 0) is 38.5 Å². The minimum absolute atomic E-state index is 0.194. The van der Waals surface area contributed by atoms with Gasteiger partial charge in [0.15, 0.2) is 6.29 Å². The standard InChI is InChI=1S/C21H41O6P/c1-2-3-4-5-6-7-8-9-10-11-12-13-14-15-16-17-21-25-18-20(27-21)19-26-28(22,23)24/h9-10,20-21H,2-8,11-19H2,1H3,(H2,22,23,24)/p-1/b10-9-/t20?,21-/m1/s1. The van der Waals surface area contributed by atoms with Gasteiger partial charge in [-0.3, -0.25) is 4.57 Å². The molecule has 1 saturated heterocycles. The second-order valence-electron chi connectivity index (χ2n) is 7.66. The minimum atomic E-state index is -4.68. The highest BCUT2D eigenvalue weighted by atomic mass is 31.2. The van der Waals surface area contributed by atoms with E-state index in [1.807, 2.05) is 0 Å². The summed E-state index contributed by atoms with van der Waals surface area (Å²) in [5.41, 5.74) is 0. The Morgan fingerprint density at radius 3 is 2.18 bits per heavy atom. The second-order valence-corrected chi connectivity index (χ2v) is 8.85. The first kappa shape index (κ1) is 25.8. The lowest BCUT2D eigenvalue weighted by atomic mass is 10.1. The van der Waals surface area contributed by atoms with E-state index in [0.717, 1.165) is 19.3 Å². The molecule has 3 atom stereocenters. The van der Waals surface area contributed by atoms with Crippen LogP contribution in [0.25, 0.3) is 0 Å². The van der Waals surface area contributed by atoms with Crippen molar-refractivity contribution in [2.45, 2.75) is 109 Å².